The minimum Gasteiger partial charge on any atom is -0.396 e. The first-order valence-electron chi connectivity index (χ1n) is 7.57. The number of rotatable bonds is 7. The summed E-state index contributed by atoms with van der Waals surface area (Å²) in [5, 5.41) is 15.0. The third-order valence-electron chi connectivity index (χ3n) is 3.77. The smallest absolute Gasteiger partial charge is 0.0624 e. The topological polar surface area (TPSA) is 38.0 Å². The van der Waals surface area contributed by atoms with Gasteiger partial charge in [-0.25, -0.2) is 0 Å². The highest BCUT2D eigenvalue weighted by atomic mass is 35.5. The van der Waals surface area contributed by atoms with Gasteiger partial charge in [0, 0.05) is 23.9 Å². The van der Waals surface area contributed by atoms with Gasteiger partial charge in [-0.3, -0.25) is 4.68 Å². The molecule has 2 rings (SSSR count). The second-order valence-corrected chi connectivity index (χ2v) is 5.82. The molecule has 3 nitrogen and oxygen atoms in total. The predicted octanol–water partition coefficient (Wildman–Crippen LogP) is 3.51. The van der Waals surface area contributed by atoms with Crippen molar-refractivity contribution >= 4 is 11.6 Å². The van der Waals surface area contributed by atoms with Crippen molar-refractivity contribution in [2.45, 2.75) is 39.7 Å². The molecule has 0 saturated heterocycles. The molecule has 0 spiro atoms. The van der Waals surface area contributed by atoms with Crippen molar-refractivity contribution in [2.75, 3.05) is 6.61 Å². The Morgan fingerprint density at radius 3 is 2.48 bits per heavy atom. The van der Waals surface area contributed by atoms with Crippen molar-refractivity contribution in [1.82, 2.24) is 9.78 Å². The summed E-state index contributed by atoms with van der Waals surface area (Å²) in [6.45, 7) is 5.26. The Labute approximate surface area is 131 Å². The van der Waals surface area contributed by atoms with E-state index in [2.05, 4.69) is 25.0 Å². The van der Waals surface area contributed by atoms with Crippen LogP contribution in [0.4, 0.5) is 0 Å². The number of aryl methyl sites for hydroxylation is 2. The van der Waals surface area contributed by atoms with Crippen LogP contribution in [0.2, 0.25) is 5.02 Å². The summed E-state index contributed by atoms with van der Waals surface area (Å²) in [6.07, 6.45) is 2.64. The molecule has 21 heavy (non-hydrogen) atoms. The Balaban J connectivity index is 2.08. The van der Waals surface area contributed by atoms with E-state index in [0.717, 1.165) is 36.5 Å². The molecule has 4 heteroatoms. The monoisotopic (exact) mass is 306 g/mol. The van der Waals surface area contributed by atoms with Gasteiger partial charge in [-0.15, -0.1) is 0 Å². The van der Waals surface area contributed by atoms with E-state index in [-0.39, 0.29) is 12.5 Å². The summed E-state index contributed by atoms with van der Waals surface area (Å²) >= 11 is 5.91. The van der Waals surface area contributed by atoms with Crippen LogP contribution in [-0.2, 0) is 25.8 Å². The summed E-state index contributed by atoms with van der Waals surface area (Å²) in [5.74, 6) is 0.206. The Morgan fingerprint density at radius 1 is 1.19 bits per heavy atom. The van der Waals surface area contributed by atoms with Crippen molar-refractivity contribution in [3.05, 3.63) is 52.3 Å². The highest BCUT2D eigenvalue weighted by Gasteiger charge is 2.14. The fourth-order valence-corrected chi connectivity index (χ4v) is 2.70. The van der Waals surface area contributed by atoms with E-state index in [1.165, 1.54) is 11.3 Å². The van der Waals surface area contributed by atoms with Crippen molar-refractivity contribution in [1.29, 1.82) is 0 Å². The van der Waals surface area contributed by atoms with Crippen molar-refractivity contribution in [2.24, 2.45) is 5.92 Å². The molecule has 0 aliphatic carbocycles. The molecule has 0 bridgehead atoms. The molecule has 1 aromatic heterocycles. The molecule has 0 radical (unpaired) electrons. The molecule has 2 aromatic rings. The number of halogens is 1. The molecule has 1 aromatic carbocycles. The highest BCUT2D eigenvalue weighted by molar-refractivity contribution is 6.30. The average molecular weight is 307 g/mol. The second kappa shape index (κ2) is 7.62. The molecule has 0 saturated carbocycles. The first-order chi connectivity index (χ1) is 10.2. The van der Waals surface area contributed by atoms with E-state index in [4.69, 9.17) is 11.6 Å². The number of aromatic nitrogens is 2. The van der Waals surface area contributed by atoms with E-state index in [0.29, 0.717) is 0 Å². The Hall–Kier alpha value is -1.32. The van der Waals surface area contributed by atoms with Crippen LogP contribution in [0, 0.1) is 5.92 Å². The molecule has 1 unspecified atom stereocenters. The zero-order valence-electron chi connectivity index (χ0n) is 12.7. The molecule has 0 aliphatic rings. The van der Waals surface area contributed by atoms with Crippen LogP contribution < -0.4 is 0 Å². The van der Waals surface area contributed by atoms with Crippen molar-refractivity contribution in [3.63, 3.8) is 0 Å². The number of benzene rings is 1. The lowest BCUT2D eigenvalue weighted by Crippen LogP contribution is -2.15. The van der Waals surface area contributed by atoms with Gasteiger partial charge in [0.2, 0.25) is 0 Å². The minimum absolute atomic E-state index is 0.180. The van der Waals surface area contributed by atoms with Gasteiger partial charge in [0.25, 0.3) is 0 Å². The Morgan fingerprint density at radius 2 is 1.90 bits per heavy atom. The lowest BCUT2D eigenvalue weighted by molar-refractivity contribution is 0.223. The van der Waals surface area contributed by atoms with Crippen LogP contribution in [0.25, 0.3) is 0 Å². The van der Waals surface area contributed by atoms with E-state index < -0.39 is 0 Å². The van der Waals surface area contributed by atoms with E-state index in [1.54, 1.807) is 0 Å². The molecular formula is C17H23ClN2O. The number of hydrogen-bond donors (Lipinski definition) is 1. The van der Waals surface area contributed by atoms with Gasteiger partial charge in [-0.2, -0.15) is 5.10 Å². The van der Waals surface area contributed by atoms with Crippen LogP contribution in [0.1, 0.15) is 30.8 Å². The summed E-state index contributed by atoms with van der Waals surface area (Å²) in [6, 6.07) is 10.0. The Bertz CT molecular complexity index is 563. The maximum Gasteiger partial charge on any atom is 0.0624 e. The molecule has 1 N–H and O–H groups in total. The van der Waals surface area contributed by atoms with Crippen LogP contribution in [0.5, 0.6) is 0 Å². The summed E-state index contributed by atoms with van der Waals surface area (Å²) in [7, 11) is 0. The predicted molar refractivity (Wildman–Crippen MR) is 86.7 cm³/mol. The minimum atomic E-state index is 0.180. The average Bonchev–Trinajstić information content (AvgIpc) is 2.91. The number of aliphatic hydroxyl groups excluding tert-OH is 1. The third-order valence-corrected chi connectivity index (χ3v) is 4.02. The summed E-state index contributed by atoms with van der Waals surface area (Å²) in [4.78, 5) is 0. The molecule has 0 fully saturated rings. The maximum absolute atomic E-state index is 9.68. The number of aliphatic hydroxyl groups is 1. The molecule has 1 atom stereocenters. The Kier molecular flexibility index (Phi) is 5.83. The lowest BCUT2D eigenvalue weighted by atomic mass is 9.95. The molecule has 0 aliphatic heterocycles. The first-order valence-corrected chi connectivity index (χ1v) is 7.94. The number of nitrogens with zero attached hydrogens (tertiary/aromatic N) is 2. The molecular weight excluding hydrogens is 284 g/mol. The SMILES string of the molecule is CCc1cc(CC(CO)Cc2ccc(Cl)cc2)n(CC)n1. The van der Waals surface area contributed by atoms with Crippen LogP contribution >= 0.6 is 11.6 Å². The fourth-order valence-electron chi connectivity index (χ4n) is 2.58. The molecule has 0 amide bonds. The molecule has 114 valence electrons. The lowest BCUT2D eigenvalue weighted by Gasteiger charge is -2.15. The van der Waals surface area contributed by atoms with Crippen molar-refractivity contribution in [3.8, 4) is 0 Å². The maximum atomic E-state index is 9.68. The summed E-state index contributed by atoms with van der Waals surface area (Å²) < 4.78 is 2.04. The highest BCUT2D eigenvalue weighted by Crippen LogP contribution is 2.18. The summed E-state index contributed by atoms with van der Waals surface area (Å²) in [5.41, 5.74) is 3.54. The van der Waals surface area contributed by atoms with Gasteiger partial charge in [0.15, 0.2) is 0 Å². The van der Waals surface area contributed by atoms with Crippen LogP contribution in [-0.4, -0.2) is 21.5 Å². The van der Waals surface area contributed by atoms with Gasteiger partial charge in [-0.1, -0.05) is 30.7 Å². The van der Waals surface area contributed by atoms with Gasteiger partial charge in [-0.05, 0) is 55.9 Å². The number of hydrogen-bond acceptors (Lipinski definition) is 2. The van der Waals surface area contributed by atoms with Gasteiger partial charge in [0.05, 0.1) is 5.69 Å². The zero-order chi connectivity index (χ0) is 15.2. The fraction of sp³-hybridized carbons (Fsp3) is 0.471. The van der Waals surface area contributed by atoms with E-state index in [1.807, 2.05) is 28.9 Å². The second-order valence-electron chi connectivity index (χ2n) is 5.38. The third kappa shape index (κ3) is 4.32. The largest absolute Gasteiger partial charge is 0.396 e. The molecule has 1 heterocycles. The first kappa shape index (κ1) is 16.1. The van der Waals surface area contributed by atoms with Crippen LogP contribution in [0.15, 0.2) is 30.3 Å². The van der Waals surface area contributed by atoms with E-state index >= 15 is 0 Å². The van der Waals surface area contributed by atoms with Crippen LogP contribution in [0.3, 0.4) is 0 Å². The van der Waals surface area contributed by atoms with Gasteiger partial charge < -0.3 is 5.11 Å². The normalized spacial score (nSPS) is 12.6. The van der Waals surface area contributed by atoms with E-state index in [9.17, 15) is 5.11 Å². The standard InChI is InChI=1S/C17H23ClN2O/c1-3-16-11-17(20(4-2)19-16)10-14(12-21)9-13-5-7-15(18)8-6-13/h5-8,11,14,21H,3-4,9-10,12H2,1-2H3. The van der Waals surface area contributed by atoms with Gasteiger partial charge >= 0.3 is 0 Å². The van der Waals surface area contributed by atoms with Gasteiger partial charge in [0.1, 0.15) is 0 Å². The van der Waals surface area contributed by atoms with Crippen molar-refractivity contribution < 1.29 is 5.11 Å². The quantitative estimate of drug-likeness (QED) is 0.850. The zero-order valence-corrected chi connectivity index (χ0v) is 13.5.